The Morgan fingerprint density at radius 3 is 3.00 bits per heavy atom. The monoisotopic (exact) mass is 291 g/mol. The van der Waals surface area contributed by atoms with Gasteiger partial charge in [-0.15, -0.1) is 0 Å². The van der Waals surface area contributed by atoms with Crippen molar-refractivity contribution in [3.8, 4) is 0 Å². The van der Waals surface area contributed by atoms with Crippen LogP contribution < -0.4 is 5.32 Å². The van der Waals surface area contributed by atoms with Crippen molar-refractivity contribution in [1.29, 1.82) is 0 Å². The van der Waals surface area contributed by atoms with Crippen LogP contribution in [0.1, 0.15) is 12.0 Å². The van der Waals surface area contributed by atoms with Gasteiger partial charge in [-0.3, -0.25) is 0 Å². The second-order valence-electron chi connectivity index (χ2n) is 3.26. The molecule has 0 fully saturated rings. The van der Waals surface area contributed by atoms with Gasteiger partial charge in [0.2, 0.25) is 0 Å². The summed E-state index contributed by atoms with van der Waals surface area (Å²) >= 11 is 5.16. The normalized spacial score (nSPS) is 10.6. The number of nitrogens with one attached hydrogen (secondary N) is 1. The third-order valence-corrected chi connectivity index (χ3v) is 3.22. The molecule has 0 saturated heterocycles. The van der Waals surface area contributed by atoms with E-state index in [4.69, 9.17) is 0 Å². The summed E-state index contributed by atoms with van der Waals surface area (Å²) in [6.45, 7) is 1.53. The molecule has 0 spiro atoms. The Morgan fingerprint density at radius 2 is 2.27 bits per heavy atom. The largest absolute Gasteiger partial charge is 0.313 e. The second kappa shape index (κ2) is 7.25. The number of rotatable bonds is 6. The highest BCUT2D eigenvalue weighted by atomic mass is 79.9. The summed E-state index contributed by atoms with van der Waals surface area (Å²) in [5, 5.41) is 3.23. The highest BCUT2D eigenvalue weighted by Crippen LogP contribution is 2.15. The van der Waals surface area contributed by atoms with E-state index in [0.29, 0.717) is 12.1 Å². The molecule has 84 valence electrons. The van der Waals surface area contributed by atoms with Crippen molar-refractivity contribution in [2.75, 3.05) is 18.6 Å². The molecule has 15 heavy (non-hydrogen) atoms. The Kier molecular flexibility index (Phi) is 6.29. The molecule has 0 amide bonds. The van der Waals surface area contributed by atoms with Crippen LogP contribution in [0.3, 0.4) is 0 Å². The summed E-state index contributed by atoms with van der Waals surface area (Å²) in [7, 11) is 0. The average molecular weight is 292 g/mol. The number of thioether (sulfide) groups is 1. The van der Waals surface area contributed by atoms with Crippen molar-refractivity contribution in [2.45, 2.75) is 13.0 Å². The summed E-state index contributed by atoms with van der Waals surface area (Å²) < 4.78 is 14.2. The molecule has 1 rings (SSSR count). The molecule has 0 atom stereocenters. The zero-order valence-electron chi connectivity index (χ0n) is 8.72. The molecular formula is C11H15BrFNS. The maximum atomic E-state index is 13.3. The SMILES string of the molecule is CSCCCNCc1cc(Br)ccc1F. The van der Waals surface area contributed by atoms with Gasteiger partial charge >= 0.3 is 0 Å². The molecule has 4 heteroatoms. The Bertz CT molecular complexity index is 307. The standard InChI is InChI=1S/C11H15BrFNS/c1-15-6-2-5-14-8-9-7-10(12)3-4-11(9)13/h3-4,7,14H,2,5-6,8H2,1H3. The van der Waals surface area contributed by atoms with Gasteiger partial charge in [0.25, 0.3) is 0 Å². The molecule has 0 saturated carbocycles. The lowest BCUT2D eigenvalue weighted by atomic mass is 10.2. The highest BCUT2D eigenvalue weighted by Gasteiger charge is 2.01. The molecule has 1 N–H and O–H groups in total. The Labute approximate surface area is 103 Å². The first-order valence-corrected chi connectivity index (χ1v) is 7.06. The van der Waals surface area contributed by atoms with Gasteiger partial charge in [-0.05, 0) is 43.2 Å². The van der Waals surface area contributed by atoms with Crippen LogP contribution >= 0.6 is 27.7 Å². The van der Waals surface area contributed by atoms with Gasteiger partial charge < -0.3 is 5.32 Å². The molecule has 0 heterocycles. The van der Waals surface area contributed by atoms with Gasteiger partial charge in [0.15, 0.2) is 0 Å². The molecule has 0 aliphatic carbocycles. The zero-order chi connectivity index (χ0) is 11.1. The van der Waals surface area contributed by atoms with E-state index in [0.717, 1.165) is 23.2 Å². The van der Waals surface area contributed by atoms with Crippen LogP contribution in [0.4, 0.5) is 4.39 Å². The molecular weight excluding hydrogens is 277 g/mol. The van der Waals surface area contributed by atoms with Crippen molar-refractivity contribution in [2.24, 2.45) is 0 Å². The molecule has 0 unspecified atom stereocenters. The van der Waals surface area contributed by atoms with Crippen LogP contribution in [0.15, 0.2) is 22.7 Å². The lowest BCUT2D eigenvalue weighted by molar-refractivity contribution is 0.586. The first-order valence-electron chi connectivity index (χ1n) is 4.87. The zero-order valence-corrected chi connectivity index (χ0v) is 11.1. The van der Waals surface area contributed by atoms with Crippen molar-refractivity contribution in [1.82, 2.24) is 5.32 Å². The van der Waals surface area contributed by atoms with Crippen LogP contribution in [0, 0.1) is 5.82 Å². The van der Waals surface area contributed by atoms with Crippen LogP contribution in [-0.4, -0.2) is 18.6 Å². The third-order valence-electron chi connectivity index (χ3n) is 2.03. The van der Waals surface area contributed by atoms with Crippen molar-refractivity contribution < 1.29 is 4.39 Å². The number of halogens is 2. The molecule has 0 aliphatic heterocycles. The predicted octanol–water partition coefficient (Wildman–Crippen LogP) is 3.43. The van der Waals surface area contributed by atoms with E-state index in [1.807, 2.05) is 17.8 Å². The van der Waals surface area contributed by atoms with Crippen molar-refractivity contribution in [3.63, 3.8) is 0 Å². The van der Waals surface area contributed by atoms with E-state index >= 15 is 0 Å². The third kappa shape index (κ3) is 5.00. The van der Waals surface area contributed by atoms with Crippen LogP contribution in [-0.2, 0) is 6.54 Å². The van der Waals surface area contributed by atoms with Gasteiger partial charge in [-0.2, -0.15) is 11.8 Å². The molecule has 0 aromatic heterocycles. The minimum Gasteiger partial charge on any atom is -0.313 e. The molecule has 1 aromatic carbocycles. The molecule has 0 radical (unpaired) electrons. The van der Waals surface area contributed by atoms with Gasteiger partial charge in [-0.25, -0.2) is 4.39 Å². The molecule has 0 aliphatic rings. The van der Waals surface area contributed by atoms with Crippen molar-refractivity contribution in [3.05, 3.63) is 34.1 Å². The van der Waals surface area contributed by atoms with Gasteiger partial charge in [-0.1, -0.05) is 15.9 Å². The minimum absolute atomic E-state index is 0.143. The first kappa shape index (κ1) is 13.0. The summed E-state index contributed by atoms with van der Waals surface area (Å²) in [6.07, 6.45) is 3.21. The van der Waals surface area contributed by atoms with Crippen molar-refractivity contribution >= 4 is 27.7 Å². The average Bonchev–Trinajstić information content (AvgIpc) is 2.23. The Balaban J connectivity index is 2.33. The fraction of sp³-hybridized carbons (Fsp3) is 0.455. The van der Waals surface area contributed by atoms with Gasteiger partial charge in [0.05, 0.1) is 0 Å². The van der Waals surface area contributed by atoms with E-state index in [1.165, 1.54) is 6.07 Å². The second-order valence-corrected chi connectivity index (χ2v) is 5.16. The summed E-state index contributed by atoms with van der Waals surface area (Å²) in [4.78, 5) is 0. The fourth-order valence-corrected chi connectivity index (χ4v) is 2.08. The van der Waals surface area contributed by atoms with Crippen LogP contribution in [0.2, 0.25) is 0 Å². The quantitative estimate of drug-likeness (QED) is 0.806. The Hall–Kier alpha value is -0.0600. The fourth-order valence-electron chi connectivity index (χ4n) is 1.24. The molecule has 0 bridgehead atoms. The first-order chi connectivity index (χ1) is 7.24. The lowest BCUT2D eigenvalue weighted by Crippen LogP contribution is -2.16. The number of hydrogen-bond acceptors (Lipinski definition) is 2. The summed E-state index contributed by atoms with van der Waals surface area (Å²) in [5.74, 6) is 1.00. The van der Waals surface area contributed by atoms with Crippen LogP contribution in [0.25, 0.3) is 0 Å². The summed E-state index contributed by atoms with van der Waals surface area (Å²) in [5.41, 5.74) is 0.716. The predicted molar refractivity (Wildman–Crippen MR) is 68.8 cm³/mol. The van der Waals surface area contributed by atoms with E-state index in [9.17, 15) is 4.39 Å². The molecule has 1 nitrogen and oxygen atoms in total. The topological polar surface area (TPSA) is 12.0 Å². The van der Waals surface area contributed by atoms with E-state index < -0.39 is 0 Å². The number of benzene rings is 1. The van der Waals surface area contributed by atoms with E-state index in [2.05, 4.69) is 27.5 Å². The van der Waals surface area contributed by atoms with Gasteiger partial charge in [0, 0.05) is 16.6 Å². The smallest absolute Gasteiger partial charge is 0.127 e. The number of hydrogen-bond donors (Lipinski definition) is 1. The minimum atomic E-state index is -0.143. The summed E-state index contributed by atoms with van der Waals surface area (Å²) in [6, 6.07) is 5.02. The van der Waals surface area contributed by atoms with E-state index in [1.54, 1.807) is 6.07 Å². The molecule has 1 aromatic rings. The lowest BCUT2D eigenvalue weighted by Gasteiger charge is -2.06. The Morgan fingerprint density at radius 1 is 1.47 bits per heavy atom. The van der Waals surface area contributed by atoms with Gasteiger partial charge in [0.1, 0.15) is 5.82 Å². The van der Waals surface area contributed by atoms with E-state index in [-0.39, 0.29) is 5.82 Å². The highest BCUT2D eigenvalue weighted by molar-refractivity contribution is 9.10. The maximum Gasteiger partial charge on any atom is 0.127 e. The maximum absolute atomic E-state index is 13.3. The van der Waals surface area contributed by atoms with Crippen LogP contribution in [0.5, 0.6) is 0 Å².